The first-order valence-corrected chi connectivity index (χ1v) is 10.3. The van der Waals surface area contributed by atoms with Crippen LogP contribution < -0.4 is 16.0 Å². The van der Waals surface area contributed by atoms with Gasteiger partial charge in [0, 0.05) is 31.3 Å². The molecule has 0 unspecified atom stereocenters. The Balaban J connectivity index is 0.00000385. The minimum atomic E-state index is -4.54. The van der Waals surface area contributed by atoms with Gasteiger partial charge < -0.3 is 21.1 Å². The maximum absolute atomic E-state index is 13.0. The van der Waals surface area contributed by atoms with E-state index in [2.05, 4.69) is 25.9 Å². The highest BCUT2D eigenvalue weighted by Gasteiger charge is 2.33. The van der Waals surface area contributed by atoms with Gasteiger partial charge in [0.05, 0.1) is 22.4 Å². The van der Waals surface area contributed by atoms with Crippen LogP contribution in [0.5, 0.6) is 0 Å². The molecular formula is C22H24Cl2F3N5O. The number of nitrogens with zero attached hydrogens (tertiary/aromatic N) is 2. The number of aliphatic hydroxyl groups excluding tert-OH is 1. The van der Waals surface area contributed by atoms with Crippen LogP contribution in [0.1, 0.15) is 17.2 Å². The normalized spacial score (nSPS) is 12.1. The van der Waals surface area contributed by atoms with Crippen molar-refractivity contribution in [1.82, 2.24) is 15.3 Å². The number of anilines is 2. The zero-order valence-electron chi connectivity index (χ0n) is 17.7. The van der Waals surface area contributed by atoms with Crippen molar-refractivity contribution in [3.63, 3.8) is 0 Å². The highest BCUT2D eigenvalue weighted by Crippen LogP contribution is 2.36. The van der Waals surface area contributed by atoms with Gasteiger partial charge in [0.15, 0.2) is 0 Å². The molecule has 178 valence electrons. The lowest BCUT2D eigenvalue weighted by Crippen LogP contribution is -2.19. The molecule has 1 heterocycles. The van der Waals surface area contributed by atoms with Crippen molar-refractivity contribution in [3.8, 4) is 11.3 Å². The number of alkyl halides is 3. The molecule has 0 saturated carbocycles. The summed E-state index contributed by atoms with van der Waals surface area (Å²) in [6.07, 6.45) is -5.31. The van der Waals surface area contributed by atoms with Gasteiger partial charge in [-0.1, -0.05) is 48.0 Å². The Kier molecular flexibility index (Phi) is 9.72. The van der Waals surface area contributed by atoms with E-state index in [9.17, 15) is 18.3 Å². The lowest BCUT2D eigenvalue weighted by atomic mass is 10.1. The Hall–Kier alpha value is -2.59. The standard InChI is InChI=1S/C22H23ClF3N5O.ClH/c1-27-9-10-28-21-30-18(15-7-8-16(17(23)11-15)22(24,25)26)12-20(31-21)29-13-19(32)14-5-3-2-4-6-14;/h2-8,11-12,19,27,32H,9-10,13H2,1H3,(H2,28,29,30,31);1H/t19-;/m0./s1. The number of benzene rings is 2. The summed E-state index contributed by atoms with van der Waals surface area (Å²) in [5.41, 5.74) is 0.637. The monoisotopic (exact) mass is 501 g/mol. The highest BCUT2D eigenvalue weighted by molar-refractivity contribution is 6.31. The van der Waals surface area contributed by atoms with Crippen LogP contribution in [0.3, 0.4) is 0 Å². The fraction of sp³-hybridized carbons (Fsp3) is 0.273. The molecule has 2 aromatic carbocycles. The third-order valence-electron chi connectivity index (χ3n) is 4.62. The quantitative estimate of drug-likeness (QED) is 0.308. The van der Waals surface area contributed by atoms with Crippen molar-refractivity contribution < 1.29 is 18.3 Å². The Morgan fingerprint density at radius 1 is 1.00 bits per heavy atom. The number of nitrogens with one attached hydrogen (secondary N) is 3. The fourth-order valence-corrected chi connectivity index (χ4v) is 3.25. The van der Waals surface area contributed by atoms with Crippen molar-refractivity contribution in [2.75, 3.05) is 37.3 Å². The molecule has 0 amide bonds. The van der Waals surface area contributed by atoms with Crippen molar-refractivity contribution in [3.05, 3.63) is 70.7 Å². The Labute approximate surface area is 201 Å². The summed E-state index contributed by atoms with van der Waals surface area (Å²) in [6.45, 7) is 1.39. The van der Waals surface area contributed by atoms with E-state index in [4.69, 9.17) is 11.6 Å². The van der Waals surface area contributed by atoms with Crippen molar-refractivity contribution >= 4 is 35.8 Å². The van der Waals surface area contributed by atoms with Gasteiger partial charge in [0.1, 0.15) is 5.82 Å². The van der Waals surface area contributed by atoms with Crippen molar-refractivity contribution in [2.24, 2.45) is 0 Å². The molecule has 1 aromatic heterocycles. The predicted octanol–water partition coefficient (Wildman–Crippen LogP) is 5.01. The first kappa shape index (κ1) is 26.7. The molecule has 33 heavy (non-hydrogen) atoms. The summed E-state index contributed by atoms with van der Waals surface area (Å²) in [4.78, 5) is 8.79. The molecule has 0 aliphatic heterocycles. The lowest BCUT2D eigenvalue weighted by molar-refractivity contribution is -0.137. The number of hydrogen-bond acceptors (Lipinski definition) is 6. The van der Waals surface area contributed by atoms with Gasteiger partial charge in [-0.25, -0.2) is 4.98 Å². The van der Waals surface area contributed by atoms with Crippen LogP contribution in [0.25, 0.3) is 11.3 Å². The smallest absolute Gasteiger partial charge is 0.387 e. The number of rotatable bonds is 9. The average Bonchev–Trinajstić information content (AvgIpc) is 2.77. The molecule has 4 N–H and O–H groups in total. The molecule has 0 aliphatic rings. The second-order valence-corrected chi connectivity index (χ2v) is 7.40. The van der Waals surface area contributed by atoms with Gasteiger partial charge >= 0.3 is 6.18 Å². The Morgan fingerprint density at radius 3 is 2.36 bits per heavy atom. The number of hydrogen-bond donors (Lipinski definition) is 4. The van der Waals surface area contributed by atoms with Gasteiger partial charge in [-0.15, -0.1) is 12.4 Å². The Morgan fingerprint density at radius 2 is 1.73 bits per heavy atom. The van der Waals surface area contributed by atoms with Gasteiger partial charge in [-0.2, -0.15) is 18.2 Å². The average molecular weight is 502 g/mol. The zero-order chi connectivity index (χ0) is 23.1. The predicted molar refractivity (Wildman–Crippen MR) is 127 cm³/mol. The highest BCUT2D eigenvalue weighted by atomic mass is 35.5. The van der Waals surface area contributed by atoms with Crippen LogP contribution in [0.4, 0.5) is 24.9 Å². The van der Waals surface area contributed by atoms with Crippen LogP contribution >= 0.6 is 24.0 Å². The molecule has 1 atom stereocenters. The Bertz CT molecular complexity index is 1040. The molecular weight excluding hydrogens is 478 g/mol. The first-order chi connectivity index (χ1) is 15.3. The molecule has 0 saturated heterocycles. The van der Waals surface area contributed by atoms with Gasteiger partial charge in [0.2, 0.25) is 5.95 Å². The number of aliphatic hydroxyl groups is 1. The van der Waals surface area contributed by atoms with Crippen LogP contribution in [0, 0.1) is 0 Å². The van der Waals surface area contributed by atoms with E-state index in [0.29, 0.717) is 36.1 Å². The van der Waals surface area contributed by atoms with Crippen LogP contribution in [0.2, 0.25) is 5.02 Å². The molecule has 0 spiro atoms. The van der Waals surface area contributed by atoms with E-state index in [1.165, 1.54) is 12.1 Å². The van der Waals surface area contributed by atoms with Crippen LogP contribution in [-0.2, 0) is 6.18 Å². The summed E-state index contributed by atoms with van der Waals surface area (Å²) < 4.78 is 39.1. The van der Waals surface area contributed by atoms with Gasteiger partial charge in [-0.05, 0) is 24.7 Å². The number of aromatic nitrogens is 2. The summed E-state index contributed by atoms with van der Waals surface area (Å²) in [6, 6.07) is 14.2. The van der Waals surface area contributed by atoms with E-state index in [-0.39, 0.29) is 19.0 Å². The molecule has 0 radical (unpaired) electrons. The lowest BCUT2D eigenvalue weighted by Gasteiger charge is -2.15. The molecule has 0 fully saturated rings. The van der Waals surface area contributed by atoms with E-state index < -0.39 is 22.9 Å². The minimum absolute atomic E-state index is 0. The fourth-order valence-electron chi connectivity index (χ4n) is 2.96. The van der Waals surface area contributed by atoms with E-state index in [1.54, 1.807) is 13.1 Å². The molecule has 6 nitrogen and oxygen atoms in total. The van der Waals surface area contributed by atoms with Crippen LogP contribution in [-0.4, -0.2) is 41.8 Å². The topological polar surface area (TPSA) is 82.1 Å². The maximum Gasteiger partial charge on any atom is 0.417 e. The summed E-state index contributed by atoms with van der Waals surface area (Å²) in [5.74, 6) is 0.707. The van der Waals surface area contributed by atoms with E-state index in [0.717, 1.165) is 11.6 Å². The number of halogens is 5. The molecule has 0 aliphatic carbocycles. The molecule has 3 rings (SSSR count). The second kappa shape index (κ2) is 12.0. The summed E-state index contributed by atoms with van der Waals surface area (Å²) >= 11 is 5.88. The van der Waals surface area contributed by atoms with E-state index >= 15 is 0 Å². The van der Waals surface area contributed by atoms with Crippen molar-refractivity contribution in [1.29, 1.82) is 0 Å². The van der Waals surface area contributed by atoms with Crippen LogP contribution in [0.15, 0.2) is 54.6 Å². The second-order valence-electron chi connectivity index (χ2n) is 6.99. The third-order valence-corrected chi connectivity index (χ3v) is 4.93. The molecule has 0 bridgehead atoms. The van der Waals surface area contributed by atoms with E-state index in [1.807, 2.05) is 30.3 Å². The maximum atomic E-state index is 13.0. The van der Waals surface area contributed by atoms with Crippen molar-refractivity contribution in [2.45, 2.75) is 12.3 Å². The SMILES string of the molecule is CNCCNc1nc(NC[C@H](O)c2ccccc2)cc(-c2ccc(C(F)(F)F)c(Cl)c2)n1.Cl. The molecule has 3 aromatic rings. The summed E-state index contributed by atoms with van der Waals surface area (Å²) in [5, 5.41) is 19.1. The van der Waals surface area contributed by atoms with Gasteiger partial charge in [0.25, 0.3) is 0 Å². The summed E-state index contributed by atoms with van der Waals surface area (Å²) in [7, 11) is 1.81. The zero-order valence-corrected chi connectivity index (χ0v) is 19.2. The first-order valence-electron chi connectivity index (χ1n) is 9.89. The largest absolute Gasteiger partial charge is 0.417 e. The number of likely N-dealkylation sites (N-methyl/N-ethyl adjacent to an activating group) is 1. The third kappa shape index (κ3) is 7.46. The minimum Gasteiger partial charge on any atom is -0.387 e. The van der Waals surface area contributed by atoms with Gasteiger partial charge in [-0.3, -0.25) is 0 Å². The molecule has 11 heteroatoms.